The molecule has 6 heteroatoms. The average molecular weight is 389 g/mol. The zero-order valence-electron chi connectivity index (χ0n) is 13.1. The van der Waals surface area contributed by atoms with E-state index in [0.29, 0.717) is 26.4 Å². The molecule has 1 amide bonds. The third-order valence-corrected chi connectivity index (χ3v) is 5.64. The molecule has 0 radical (unpaired) electrons. The van der Waals surface area contributed by atoms with Crippen LogP contribution in [-0.2, 0) is 10.5 Å². The van der Waals surface area contributed by atoms with Gasteiger partial charge in [0.15, 0.2) is 0 Å². The highest BCUT2D eigenvalue weighted by Gasteiger charge is 2.29. The minimum absolute atomic E-state index is 0.0967. The molecule has 2 aromatic carbocycles. The van der Waals surface area contributed by atoms with Gasteiger partial charge in [-0.3, -0.25) is 4.79 Å². The molecule has 25 heavy (non-hydrogen) atoms. The molecule has 3 rings (SSSR count). The normalized spacial score (nSPS) is 17.2. The maximum atomic E-state index is 12.1. The number of halogens is 2. The van der Waals surface area contributed by atoms with Crippen LogP contribution < -0.4 is 5.32 Å². The molecular formula is C19H14Cl2N2OS. The minimum Gasteiger partial charge on any atom is -0.320 e. The predicted molar refractivity (Wildman–Crippen MR) is 102 cm³/mol. The second kappa shape index (κ2) is 7.97. The molecule has 0 spiro atoms. The van der Waals surface area contributed by atoms with Crippen molar-refractivity contribution >= 4 is 40.9 Å². The number of carbonyl (C=O) groups is 1. The second-order valence-corrected chi connectivity index (χ2v) is 7.42. The standard InChI is InChI=1S/C19H14Cl2N2OS/c20-14-7-5-12(6-8-14)15-9-18(24)23-19(16(15)10-22)25-11-13-3-1-2-4-17(13)21/h1-8,15H,9,11H2,(H,23,24)/t15-/m0/s1. The zero-order valence-corrected chi connectivity index (χ0v) is 15.5. The molecule has 0 bridgehead atoms. The lowest BCUT2D eigenvalue weighted by Gasteiger charge is -2.25. The van der Waals surface area contributed by atoms with Crippen molar-refractivity contribution in [3.05, 3.63) is 80.3 Å². The van der Waals surface area contributed by atoms with Gasteiger partial charge in [-0.1, -0.05) is 53.5 Å². The highest BCUT2D eigenvalue weighted by molar-refractivity contribution is 8.02. The summed E-state index contributed by atoms with van der Waals surface area (Å²) in [6.45, 7) is 0. The number of benzene rings is 2. The summed E-state index contributed by atoms with van der Waals surface area (Å²) in [6, 6.07) is 17.1. The van der Waals surface area contributed by atoms with Gasteiger partial charge in [-0.05, 0) is 29.3 Å². The summed E-state index contributed by atoms with van der Waals surface area (Å²) in [5.74, 6) is 0.221. The number of hydrogen-bond acceptors (Lipinski definition) is 3. The van der Waals surface area contributed by atoms with E-state index in [1.54, 1.807) is 12.1 Å². The Labute approximate surface area is 160 Å². The monoisotopic (exact) mass is 388 g/mol. The SMILES string of the molecule is N#CC1=C(SCc2ccccc2Cl)NC(=O)C[C@H]1c1ccc(Cl)cc1. The Kier molecular flexibility index (Phi) is 5.70. The molecule has 1 aliphatic heterocycles. The van der Waals surface area contributed by atoms with Gasteiger partial charge >= 0.3 is 0 Å². The van der Waals surface area contributed by atoms with Gasteiger partial charge < -0.3 is 5.32 Å². The highest BCUT2D eigenvalue weighted by atomic mass is 35.5. The van der Waals surface area contributed by atoms with Crippen LogP contribution in [0.1, 0.15) is 23.5 Å². The molecule has 126 valence electrons. The van der Waals surface area contributed by atoms with Crippen molar-refractivity contribution in [3.8, 4) is 6.07 Å². The van der Waals surface area contributed by atoms with Crippen LogP contribution in [0.25, 0.3) is 0 Å². The van der Waals surface area contributed by atoms with Crippen LogP contribution in [0.15, 0.2) is 59.1 Å². The predicted octanol–water partition coefficient (Wildman–Crippen LogP) is 5.27. The van der Waals surface area contributed by atoms with Gasteiger partial charge in [-0.2, -0.15) is 5.26 Å². The summed E-state index contributed by atoms with van der Waals surface area (Å²) in [4.78, 5) is 12.1. The number of amides is 1. The number of thioether (sulfide) groups is 1. The van der Waals surface area contributed by atoms with E-state index in [4.69, 9.17) is 23.2 Å². The smallest absolute Gasteiger partial charge is 0.225 e. The minimum atomic E-state index is -0.259. The van der Waals surface area contributed by atoms with Crippen LogP contribution >= 0.6 is 35.0 Å². The van der Waals surface area contributed by atoms with Crippen LogP contribution in [-0.4, -0.2) is 5.91 Å². The Morgan fingerprint density at radius 1 is 1.16 bits per heavy atom. The first-order valence-electron chi connectivity index (χ1n) is 7.64. The molecule has 3 nitrogen and oxygen atoms in total. The van der Waals surface area contributed by atoms with Crippen molar-refractivity contribution in [2.45, 2.75) is 18.1 Å². The molecule has 0 saturated heterocycles. The van der Waals surface area contributed by atoms with Crippen molar-refractivity contribution in [1.82, 2.24) is 5.32 Å². The molecule has 1 atom stereocenters. The quantitative estimate of drug-likeness (QED) is 0.776. The first-order chi connectivity index (χ1) is 12.1. The van der Waals surface area contributed by atoms with E-state index in [2.05, 4.69) is 11.4 Å². The fraction of sp³-hybridized carbons (Fsp3) is 0.158. The van der Waals surface area contributed by atoms with E-state index in [9.17, 15) is 10.1 Å². The summed E-state index contributed by atoms with van der Waals surface area (Å²) < 4.78 is 0. The fourth-order valence-electron chi connectivity index (χ4n) is 2.68. The van der Waals surface area contributed by atoms with Crippen molar-refractivity contribution in [3.63, 3.8) is 0 Å². The van der Waals surface area contributed by atoms with Gasteiger partial charge in [-0.15, -0.1) is 11.8 Å². The van der Waals surface area contributed by atoms with E-state index in [1.165, 1.54) is 11.8 Å². The van der Waals surface area contributed by atoms with Gasteiger partial charge in [0.25, 0.3) is 0 Å². The molecule has 0 saturated carbocycles. The van der Waals surface area contributed by atoms with Crippen molar-refractivity contribution in [2.75, 3.05) is 0 Å². The van der Waals surface area contributed by atoms with Crippen molar-refractivity contribution < 1.29 is 4.79 Å². The van der Waals surface area contributed by atoms with E-state index < -0.39 is 0 Å². The van der Waals surface area contributed by atoms with Crippen LogP contribution in [0.3, 0.4) is 0 Å². The van der Waals surface area contributed by atoms with Crippen LogP contribution in [0.2, 0.25) is 10.0 Å². The van der Waals surface area contributed by atoms with Gasteiger partial charge in [0.1, 0.15) is 0 Å². The Hall–Kier alpha value is -1.93. The second-order valence-electron chi connectivity index (χ2n) is 5.59. The Morgan fingerprint density at radius 2 is 1.88 bits per heavy atom. The van der Waals surface area contributed by atoms with Gasteiger partial charge in [0.2, 0.25) is 5.91 Å². The number of rotatable bonds is 4. The Morgan fingerprint density at radius 3 is 2.56 bits per heavy atom. The van der Waals surface area contributed by atoms with Crippen LogP contribution in [0.4, 0.5) is 0 Å². The lowest BCUT2D eigenvalue weighted by Crippen LogP contribution is -2.30. The molecule has 0 fully saturated rings. The molecule has 0 unspecified atom stereocenters. The van der Waals surface area contributed by atoms with Crippen LogP contribution in [0.5, 0.6) is 0 Å². The summed E-state index contributed by atoms with van der Waals surface area (Å²) >= 11 is 13.5. The number of carbonyl (C=O) groups excluding carboxylic acids is 1. The molecule has 1 aliphatic rings. The topological polar surface area (TPSA) is 52.9 Å². The third-order valence-electron chi connectivity index (χ3n) is 3.96. The third kappa shape index (κ3) is 4.19. The summed E-state index contributed by atoms with van der Waals surface area (Å²) in [5, 5.41) is 14.4. The first-order valence-corrected chi connectivity index (χ1v) is 9.38. The number of allylic oxidation sites excluding steroid dienone is 1. The number of nitriles is 1. The average Bonchev–Trinajstić information content (AvgIpc) is 2.61. The number of nitrogens with zero attached hydrogens (tertiary/aromatic N) is 1. The van der Waals surface area contributed by atoms with Crippen LogP contribution in [0, 0.1) is 11.3 Å². The van der Waals surface area contributed by atoms with Gasteiger partial charge in [0, 0.05) is 28.1 Å². The molecule has 1 heterocycles. The maximum absolute atomic E-state index is 12.1. The molecule has 0 aliphatic carbocycles. The zero-order chi connectivity index (χ0) is 17.8. The van der Waals surface area contributed by atoms with Crippen molar-refractivity contribution in [1.29, 1.82) is 5.26 Å². The number of hydrogen-bond donors (Lipinski definition) is 1. The van der Waals surface area contributed by atoms with E-state index >= 15 is 0 Å². The summed E-state index contributed by atoms with van der Waals surface area (Å²) in [6.07, 6.45) is 0.251. The van der Waals surface area contributed by atoms with Gasteiger partial charge in [0.05, 0.1) is 16.7 Å². The lowest BCUT2D eigenvalue weighted by molar-refractivity contribution is -0.120. The molecule has 1 N–H and O–H groups in total. The Balaban J connectivity index is 1.89. The van der Waals surface area contributed by atoms with Gasteiger partial charge in [-0.25, -0.2) is 0 Å². The maximum Gasteiger partial charge on any atom is 0.225 e. The van der Waals surface area contributed by atoms with E-state index in [0.717, 1.165) is 11.1 Å². The highest BCUT2D eigenvalue weighted by Crippen LogP contribution is 2.37. The summed E-state index contributed by atoms with van der Waals surface area (Å²) in [7, 11) is 0. The lowest BCUT2D eigenvalue weighted by atomic mass is 9.87. The molecular weight excluding hydrogens is 375 g/mol. The van der Waals surface area contributed by atoms with E-state index in [1.807, 2.05) is 36.4 Å². The first kappa shape index (κ1) is 17.9. The fourth-order valence-corrected chi connectivity index (χ4v) is 4.17. The Bertz CT molecular complexity index is 872. The van der Waals surface area contributed by atoms with Crippen molar-refractivity contribution in [2.24, 2.45) is 0 Å². The van der Waals surface area contributed by atoms with E-state index in [-0.39, 0.29) is 18.2 Å². The largest absolute Gasteiger partial charge is 0.320 e. The molecule has 2 aromatic rings. The summed E-state index contributed by atoms with van der Waals surface area (Å²) in [5.41, 5.74) is 2.44. The number of nitrogens with one attached hydrogen (secondary N) is 1. The molecule has 0 aromatic heterocycles.